The number of alkyl carbamates (subject to hydrolysis) is 1. The Hall–Kier alpha value is -5.65. The molecule has 3 fully saturated rings. The average molecular weight is 863 g/mol. The molecule has 0 radical (unpaired) electrons. The number of alkyl halides is 3. The van der Waals surface area contributed by atoms with Crippen LogP contribution < -0.4 is 25.6 Å². The number of halogens is 4. The largest absolute Gasteiger partial charge is 0.573 e. The van der Waals surface area contributed by atoms with Crippen LogP contribution in [-0.2, 0) is 14.3 Å². The molecule has 8 rings (SSSR count). The summed E-state index contributed by atoms with van der Waals surface area (Å²) in [5.74, 6) is -0.0464. The van der Waals surface area contributed by atoms with E-state index in [4.69, 9.17) is 26.1 Å². The molecule has 0 bridgehead atoms. The Morgan fingerprint density at radius 1 is 1.05 bits per heavy atom. The van der Waals surface area contributed by atoms with Gasteiger partial charge in [0.1, 0.15) is 23.4 Å². The molecule has 3 saturated heterocycles. The highest BCUT2D eigenvalue weighted by atomic mass is 35.5. The van der Waals surface area contributed by atoms with Crippen LogP contribution in [0.2, 0.25) is 5.02 Å². The number of piperazine rings is 1. The molecule has 0 unspecified atom stereocenters. The first kappa shape index (κ1) is 42.1. The number of anilines is 2. The van der Waals surface area contributed by atoms with Crippen molar-refractivity contribution >= 4 is 62.8 Å². The van der Waals surface area contributed by atoms with Gasteiger partial charge in [-0.2, -0.15) is 0 Å². The smallest absolute Gasteiger partial charge is 0.453 e. The number of carbonyl (C=O) groups excluding carboxylic acids is 3. The topological polar surface area (TPSA) is 163 Å². The van der Waals surface area contributed by atoms with Crippen molar-refractivity contribution in [2.45, 2.75) is 57.6 Å². The van der Waals surface area contributed by atoms with Crippen molar-refractivity contribution < 1.29 is 41.8 Å². The fourth-order valence-corrected chi connectivity index (χ4v) is 8.85. The van der Waals surface area contributed by atoms with Gasteiger partial charge in [0.15, 0.2) is 0 Å². The number of pyridine rings is 1. The number of imidazole rings is 1. The van der Waals surface area contributed by atoms with Crippen LogP contribution in [0.5, 0.6) is 5.75 Å². The second kappa shape index (κ2) is 17.4. The highest BCUT2D eigenvalue weighted by Gasteiger charge is 2.42. The summed E-state index contributed by atoms with van der Waals surface area (Å²) in [6, 6.07) is 13.5. The fraction of sp³-hybridized carbons (Fsp3) is 0.419. The maximum atomic E-state index is 14.2. The van der Waals surface area contributed by atoms with Gasteiger partial charge in [-0.1, -0.05) is 36.7 Å². The van der Waals surface area contributed by atoms with Crippen LogP contribution in [0.4, 0.5) is 29.5 Å². The molecule has 0 saturated carbocycles. The van der Waals surface area contributed by atoms with E-state index in [1.165, 1.54) is 19.4 Å². The number of aromatic amines is 1. The summed E-state index contributed by atoms with van der Waals surface area (Å²) < 4.78 is 56.5. The maximum Gasteiger partial charge on any atom is 0.573 e. The molecule has 3 aliphatic heterocycles. The Kier molecular flexibility index (Phi) is 12.0. The Labute approximate surface area is 354 Å². The minimum absolute atomic E-state index is 0.00433. The average Bonchev–Trinajstić information content (AvgIpc) is 3.87. The summed E-state index contributed by atoms with van der Waals surface area (Å²) in [4.78, 5) is 56.6. The van der Waals surface area contributed by atoms with E-state index in [1.807, 2.05) is 12.1 Å². The van der Waals surface area contributed by atoms with E-state index in [0.29, 0.717) is 72.6 Å². The van der Waals surface area contributed by atoms with Crippen molar-refractivity contribution in [1.29, 1.82) is 0 Å². The number of amides is 3. The number of hydrogen-bond donors (Lipinski definition) is 4. The molecule has 14 nitrogen and oxygen atoms in total. The summed E-state index contributed by atoms with van der Waals surface area (Å²) in [5, 5.41) is 10.1. The van der Waals surface area contributed by atoms with Crippen molar-refractivity contribution in [3.8, 4) is 16.9 Å². The number of methoxy groups -OCH3 is 1. The number of nitrogens with zero attached hydrogens (tertiary/aromatic N) is 4. The van der Waals surface area contributed by atoms with Crippen molar-refractivity contribution in [3.63, 3.8) is 0 Å². The van der Waals surface area contributed by atoms with E-state index >= 15 is 0 Å². The number of benzene rings is 3. The number of aromatic nitrogens is 3. The van der Waals surface area contributed by atoms with E-state index in [2.05, 4.69) is 49.4 Å². The number of hydrogen-bond acceptors (Lipinski definition) is 10. The summed E-state index contributed by atoms with van der Waals surface area (Å²) in [5.41, 5.74) is 1.88. The molecule has 5 aromatic rings. The van der Waals surface area contributed by atoms with E-state index < -0.39 is 36.2 Å². The normalized spacial score (nSPS) is 20.5. The molecule has 4 N–H and O–H groups in total. The zero-order valence-corrected chi connectivity index (χ0v) is 34.5. The zero-order valence-electron chi connectivity index (χ0n) is 33.8. The summed E-state index contributed by atoms with van der Waals surface area (Å²) >= 11 is 6.64. The molecule has 3 aliphatic rings. The molecule has 3 amide bonds. The van der Waals surface area contributed by atoms with Gasteiger partial charge >= 0.3 is 12.5 Å². The first-order valence-corrected chi connectivity index (χ1v) is 20.6. The molecule has 3 aromatic carbocycles. The summed E-state index contributed by atoms with van der Waals surface area (Å²) in [7, 11) is 1.26. The monoisotopic (exact) mass is 862 g/mol. The zero-order chi connectivity index (χ0) is 43.0. The second-order valence-corrected chi connectivity index (χ2v) is 16.3. The molecule has 2 aromatic heterocycles. The van der Waals surface area contributed by atoms with Crippen molar-refractivity contribution in [2.24, 2.45) is 11.8 Å². The molecule has 4 atom stereocenters. The molecule has 0 aliphatic carbocycles. The van der Waals surface area contributed by atoms with E-state index in [9.17, 15) is 27.6 Å². The fourth-order valence-electron chi connectivity index (χ4n) is 8.64. The number of H-pyrrole nitrogens is 1. The lowest BCUT2D eigenvalue weighted by Crippen LogP contribution is -2.53. The Morgan fingerprint density at radius 2 is 1.85 bits per heavy atom. The van der Waals surface area contributed by atoms with Gasteiger partial charge in [0.05, 0.1) is 40.5 Å². The van der Waals surface area contributed by atoms with Crippen molar-refractivity contribution in [3.05, 3.63) is 77.2 Å². The molecule has 0 spiro atoms. The standard InChI is InChI=1S/C43H46ClF3N8O6/c1-23-16-34(55(22-23)41(57)37(53-42(58)59-3)25-10-14-60-15-11-25)39-50-32-8-5-26-17-27(4-7-29(26)38(32)52-39)30-18-31(44)33(19-35(30)61-43(45,46)47)51-40(56)28-6-9-36(49-21-28)54-13-12-48-20-24(54)2/h4-9,17-19,21,23-25,34,37,48H,10-16,20,22H2,1-3H3,(H,50,52)(H,51,56)(H,53,58)/t23-,24+,34-,37-/m0/s1. The van der Waals surface area contributed by atoms with Gasteiger partial charge < -0.3 is 44.9 Å². The molecule has 61 heavy (non-hydrogen) atoms. The SMILES string of the molecule is COC(=O)N[C@H](C(=O)N1C[C@@H](C)C[C@H]1c1nc2c(ccc3cc(-c4cc(Cl)c(NC(=O)c5ccc(N6CCNC[C@H]6C)nc5)cc4OC(F)(F)F)ccc32)[nH]1)C1CCOCC1. The molecule has 5 heterocycles. The first-order chi connectivity index (χ1) is 29.3. The van der Waals surface area contributed by atoms with Crippen LogP contribution in [-0.4, -0.2) is 103 Å². The first-order valence-electron chi connectivity index (χ1n) is 20.3. The predicted molar refractivity (Wildman–Crippen MR) is 224 cm³/mol. The summed E-state index contributed by atoms with van der Waals surface area (Å²) in [6.07, 6.45) is -2.43. The van der Waals surface area contributed by atoms with Gasteiger partial charge in [0.2, 0.25) is 5.91 Å². The van der Waals surface area contributed by atoms with Crippen molar-refractivity contribution in [1.82, 2.24) is 30.5 Å². The number of rotatable bonds is 9. The third kappa shape index (κ3) is 9.04. The quantitative estimate of drug-likeness (QED) is 0.117. The lowest BCUT2D eigenvalue weighted by Gasteiger charge is -2.34. The third-order valence-corrected chi connectivity index (χ3v) is 12.0. The van der Waals surface area contributed by atoms with Crippen LogP contribution in [0, 0.1) is 11.8 Å². The minimum atomic E-state index is -5.05. The van der Waals surface area contributed by atoms with Crippen LogP contribution in [0.1, 0.15) is 55.3 Å². The van der Waals surface area contributed by atoms with E-state index in [1.54, 1.807) is 35.2 Å². The Morgan fingerprint density at radius 3 is 2.57 bits per heavy atom. The molecule has 322 valence electrons. The number of carbonyl (C=O) groups is 3. The number of nitrogens with one attached hydrogen (secondary N) is 4. The number of ether oxygens (including phenoxy) is 3. The van der Waals surface area contributed by atoms with Crippen molar-refractivity contribution in [2.75, 3.05) is 56.7 Å². The minimum Gasteiger partial charge on any atom is -0.453 e. The van der Waals surface area contributed by atoms with Gasteiger partial charge in [-0.05, 0) is 79.3 Å². The molecular weight excluding hydrogens is 817 g/mol. The van der Waals surface area contributed by atoms with Gasteiger partial charge in [0, 0.05) is 68.6 Å². The van der Waals surface area contributed by atoms with Crippen LogP contribution in [0.15, 0.2) is 60.8 Å². The van der Waals surface area contributed by atoms with Gasteiger partial charge in [0.25, 0.3) is 5.91 Å². The molecule has 18 heteroatoms. The third-order valence-electron chi connectivity index (χ3n) is 11.7. The van der Waals surface area contributed by atoms with E-state index in [-0.39, 0.29) is 45.6 Å². The molecular formula is C43H46ClF3N8O6. The number of likely N-dealkylation sites (tertiary alicyclic amines) is 1. The Bertz CT molecular complexity index is 2440. The van der Waals surface area contributed by atoms with Crippen LogP contribution in [0.25, 0.3) is 32.9 Å². The lowest BCUT2D eigenvalue weighted by atomic mass is 9.90. The Balaban J connectivity index is 1.06. The highest BCUT2D eigenvalue weighted by molar-refractivity contribution is 6.34. The van der Waals surface area contributed by atoms with Gasteiger partial charge in [-0.15, -0.1) is 13.2 Å². The maximum absolute atomic E-state index is 14.2. The van der Waals surface area contributed by atoms with Gasteiger partial charge in [-0.25, -0.2) is 14.8 Å². The van der Waals surface area contributed by atoms with Crippen LogP contribution in [0.3, 0.4) is 0 Å². The summed E-state index contributed by atoms with van der Waals surface area (Å²) in [6.45, 7) is 7.96. The lowest BCUT2D eigenvalue weighted by molar-refractivity contribution is -0.274. The van der Waals surface area contributed by atoms with Gasteiger partial charge in [-0.3, -0.25) is 9.59 Å². The van der Waals surface area contributed by atoms with E-state index in [0.717, 1.165) is 31.1 Å². The van der Waals surface area contributed by atoms with Crippen LogP contribution >= 0.6 is 11.6 Å². The second-order valence-electron chi connectivity index (χ2n) is 15.9. The number of fused-ring (bicyclic) bond motifs is 3. The highest BCUT2D eigenvalue weighted by Crippen LogP contribution is 2.42. The predicted octanol–water partition coefficient (Wildman–Crippen LogP) is 7.44.